The van der Waals surface area contributed by atoms with Crippen molar-refractivity contribution in [3.63, 3.8) is 0 Å². The number of nitrogens with one attached hydrogen (secondary N) is 2. The van der Waals surface area contributed by atoms with Crippen LogP contribution in [0, 0.1) is 11.8 Å². The van der Waals surface area contributed by atoms with E-state index in [4.69, 9.17) is 9.52 Å². The molecule has 1 aliphatic carbocycles. The van der Waals surface area contributed by atoms with Crippen molar-refractivity contribution in [3.8, 4) is 0 Å². The summed E-state index contributed by atoms with van der Waals surface area (Å²) in [6.07, 6.45) is 4.16. The van der Waals surface area contributed by atoms with E-state index in [-0.39, 0.29) is 23.8 Å². The second-order valence-electron chi connectivity index (χ2n) is 5.56. The molecule has 21 heavy (non-hydrogen) atoms. The lowest BCUT2D eigenvalue weighted by molar-refractivity contribution is -0.142. The van der Waals surface area contributed by atoms with Crippen molar-refractivity contribution in [1.82, 2.24) is 10.6 Å². The molecule has 1 aromatic rings. The zero-order chi connectivity index (χ0) is 15.2. The number of hydrogen-bond acceptors (Lipinski definition) is 4. The number of carboxylic acid groups (broad SMARTS) is 1. The molecule has 0 saturated heterocycles. The van der Waals surface area contributed by atoms with Crippen molar-refractivity contribution in [2.24, 2.45) is 11.8 Å². The van der Waals surface area contributed by atoms with Gasteiger partial charge in [0.1, 0.15) is 5.76 Å². The normalized spacial score (nSPS) is 22.9. The van der Waals surface area contributed by atoms with Crippen LogP contribution in [0.25, 0.3) is 0 Å². The average molecular weight is 294 g/mol. The summed E-state index contributed by atoms with van der Waals surface area (Å²) in [7, 11) is 0. The first-order valence-electron chi connectivity index (χ1n) is 7.34. The van der Waals surface area contributed by atoms with Gasteiger partial charge in [0, 0.05) is 0 Å². The molecule has 0 bridgehead atoms. The van der Waals surface area contributed by atoms with E-state index in [0.29, 0.717) is 18.8 Å². The lowest BCUT2D eigenvalue weighted by atomic mass is 9.96. The lowest BCUT2D eigenvalue weighted by Gasteiger charge is -2.19. The Hall–Kier alpha value is -1.82. The third kappa shape index (κ3) is 4.32. The first kappa shape index (κ1) is 15.6. The summed E-state index contributed by atoms with van der Waals surface area (Å²) in [5.74, 6) is -0.304. The van der Waals surface area contributed by atoms with Crippen LogP contribution in [0.1, 0.15) is 31.9 Å². The molecule has 1 amide bonds. The number of aliphatic carboxylic acids is 1. The molecule has 2 rings (SSSR count). The highest BCUT2D eigenvalue weighted by molar-refractivity contribution is 5.81. The molecule has 0 aromatic carbocycles. The first-order chi connectivity index (χ1) is 10.1. The van der Waals surface area contributed by atoms with Crippen LogP contribution in [-0.4, -0.2) is 29.6 Å². The van der Waals surface area contributed by atoms with Crippen LogP contribution in [0.2, 0.25) is 0 Å². The summed E-state index contributed by atoms with van der Waals surface area (Å²) in [6, 6.07) is 3.22. The molecule has 3 N–H and O–H groups in total. The van der Waals surface area contributed by atoms with Gasteiger partial charge in [0.25, 0.3) is 0 Å². The zero-order valence-corrected chi connectivity index (χ0v) is 12.2. The fourth-order valence-corrected chi connectivity index (χ4v) is 2.77. The predicted molar refractivity (Wildman–Crippen MR) is 76.5 cm³/mol. The molecule has 1 heterocycles. The number of carbonyl (C=O) groups is 2. The Bertz CT molecular complexity index is 472. The topological polar surface area (TPSA) is 91.6 Å². The van der Waals surface area contributed by atoms with Crippen LogP contribution >= 0.6 is 0 Å². The van der Waals surface area contributed by atoms with Crippen molar-refractivity contribution >= 4 is 11.9 Å². The second-order valence-corrected chi connectivity index (χ2v) is 5.56. The lowest BCUT2D eigenvalue weighted by Crippen LogP contribution is -2.44. The van der Waals surface area contributed by atoms with Crippen molar-refractivity contribution in [2.75, 3.05) is 6.54 Å². The van der Waals surface area contributed by atoms with Crippen LogP contribution in [0.5, 0.6) is 0 Å². The predicted octanol–water partition coefficient (Wildman–Crippen LogP) is 1.37. The molecule has 6 heteroatoms. The maximum Gasteiger partial charge on any atom is 0.306 e. The molecule has 3 atom stereocenters. The van der Waals surface area contributed by atoms with Gasteiger partial charge in [-0.05, 0) is 44.4 Å². The van der Waals surface area contributed by atoms with Gasteiger partial charge in [-0.1, -0.05) is 6.42 Å². The average Bonchev–Trinajstić information content (AvgIpc) is 3.12. The Morgan fingerprint density at radius 1 is 1.48 bits per heavy atom. The molecule has 1 aromatic heterocycles. The number of carbonyl (C=O) groups excluding carboxylic acids is 1. The third-order valence-electron chi connectivity index (χ3n) is 4.07. The van der Waals surface area contributed by atoms with Crippen LogP contribution in [0.4, 0.5) is 0 Å². The highest BCUT2D eigenvalue weighted by Crippen LogP contribution is 2.31. The number of rotatable bonds is 7. The van der Waals surface area contributed by atoms with Gasteiger partial charge < -0.3 is 20.2 Å². The highest BCUT2D eigenvalue weighted by atomic mass is 16.4. The van der Waals surface area contributed by atoms with Crippen molar-refractivity contribution < 1.29 is 19.1 Å². The van der Waals surface area contributed by atoms with Gasteiger partial charge in [-0.3, -0.25) is 9.59 Å². The minimum atomic E-state index is -0.728. The molecular formula is C15H22N2O4. The summed E-state index contributed by atoms with van der Waals surface area (Å²) in [5, 5.41) is 15.0. The van der Waals surface area contributed by atoms with Gasteiger partial charge in [-0.25, -0.2) is 0 Å². The van der Waals surface area contributed by atoms with Crippen LogP contribution in [-0.2, 0) is 16.1 Å². The van der Waals surface area contributed by atoms with E-state index in [2.05, 4.69) is 10.6 Å². The first-order valence-corrected chi connectivity index (χ1v) is 7.34. The van der Waals surface area contributed by atoms with Crippen molar-refractivity contribution in [3.05, 3.63) is 24.2 Å². The van der Waals surface area contributed by atoms with Crippen LogP contribution < -0.4 is 10.6 Å². The number of carboxylic acids is 1. The maximum atomic E-state index is 11.9. The quantitative estimate of drug-likeness (QED) is 0.706. The standard InChI is InChI=1S/C15H22N2O4/c1-10(14(18)17-9-12-5-3-7-21-12)16-8-11-4-2-6-13(11)15(19)20/h3,5,7,10-11,13,16H,2,4,6,8-9H2,1H3,(H,17,18)(H,19,20). The largest absolute Gasteiger partial charge is 0.481 e. The van der Waals surface area contributed by atoms with Gasteiger partial charge in [0.05, 0.1) is 24.8 Å². The number of furan rings is 1. The number of amides is 1. The second kappa shape index (κ2) is 7.26. The van der Waals surface area contributed by atoms with Gasteiger partial charge >= 0.3 is 5.97 Å². The molecule has 0 aliphatic heterocycles. The van der Waals surface area contributed by atoms with Gasteiger partial charge in [0.15, 0.2) is 0 Å². The van der Waals surface area contributed by atoms with Crippen LogP contribution in [0.15, 0.2) is 22.8 Å². The van der Waals surface area contributed by atoms with Crippen LogP contribution in [0.3, 0.4) is 0 Å². The Morgan fingerprint density at radius 2 is 2.29 bits per heavy atom. The molecule has 6 nitrogen and oxygen atoms in total. The molecule has 1 fully saturated rings. The summed E-state index contributed by atoms with van der Waals surface area (Å²) >= 11 is 0. The summed E-state index contributed by atoms with van der Waals surface area (Å²) < 4.78 is 5.14. The Balaban J connectivity index is 1.72. The number of hydrogen-bond donors (Lipinski definition) is 3. The van der Waals surface area contributed by atoms with Gasteiger partial charge in [-0.2, -0.15) is 0 Å². The van der Waals surface area contributed by atoms with Gasteiger partial charge in [0.2, 0.25) is 5.91 Å². The third-order valence-corrected chi connectivity index (χ3v) is 4.07. The molecule has 0 radical (unpaired) electrons. The monoisotopic (exact) mass is 294 g/mol. The highest BCUT2D eigenvalue weighted by Gasteiger charge is 2.32. The minimum Gasteiger partial charge on any atom is -0.481 e. The van der Waals surface area contributed by atoms with E-state index in [1.165, 1.54) is 0 Å². The van der Waals surface area contributed by atoms with E-state index in [0.717, 1.165) is 19.3 Å². The van der Waals surface area contributed by atoms with E-state index >= 15 is 0 Å². The molecule has 3 unspecified atom stereocenters. The maximum absolute atomic E-state index is 11.9. The Labute approximate surface area is 123 Å². The minimum absolute atomic E-state index is 0.114. The van der Waals surface area contributed by atoms with E-state index in [1.807, 2.05) is 0 Å². The smallest absolute Gasteiger partial charge is 0.306 e. The van der Waals surface area contributed by atoms with Gasteiger partial charge in [-0.15, -0.1) is 0 Å². The van der Waals surface area contributed by atoms with E-state index < -0.39 is 5.97 Å². The Morgan fingerprint density at radius 3 is 2.95 bits per heavy atom. The summed E-state index contributed by atoms with van der Waals surface area (Å²) in [6.45, 7) is 2.70. The van der Waals surface area contributed by atoms with Crippen molar-refractivity contribution in [2.45, 2.75) is 38.8 Å². The summed E-state index contributed by atoms with van der Waals surface area (Å²) in [5.41, 5.74) is 0. The molecule has 1 saturated carbocycles. The SMILES string of the molecule is CC(NCC1CCCC1C(=O)O)C(=O)NCc1ccco1. The Kier molecular flexibility index (Phi) is 5.38. The molecule has 0 spiro atoms. The fraction of sp³-hybridized carbons (Fsp3) is 0.600. The van der Waals surface area contributed by atoms with E-state index in [9.17, 15) is 9.59 Å². The molecular weight excluding hydrogens is 272 g/mol. The van der Waals surface area contributed by atoms with Crippen molar-refractivity contribution in [1.29, 1.82) is 0 Å². The molecule has 1 aliphatic rings. The van der Waals surface area contributed by atoms with E-state index in [1.54, 1.807) is 25.3 Å². The summed E-state index contributed by atoms with van der Waals surface area (Å²) in [4.78, 5) is 23.0. The zero-order valence-electron chi connectivity index (χ0n) is 12.2. The fourth-order valence-electron chi connectivity index (χ4n) is 2.77. The molecule has 116 valence electrons.